The Hall–Kier alpha value is -0.900. The lowest BCUT2D eigenvalue weighted by Crippen LogP contribution is -2.29. The highest BCUT2D eigenvalue weighted by Crippen LogP contribution is 2.20. The maximum absolute atomic E-state index is 8.92. The second kappa shape index (κ2) is 4.55. The molecule has 0 aromatic heterocycles. The average molecular weight is 191 g/mol. The molecule has 1 radical (unpaired) electrons. The SMILES string of the molecule is OCCN1CCNC1c1cc[c]cc1. The van der Waals surface area contributed by atoms with E-state index in [1.54, 1.807) is 0 Å². The molecule has 1 fully saturated rings. The van der Waals surface area contributed by atoms with Gasteiger partial charge in [-0.15, -0.1) is 0 Å². The van der Waals surface area contributed by atoms with Crippen molar-refractivity contribution in [3.8, 4) is 0 Å². The van der Waals surface area contributed by atoms with Crippen molar-refractivity contribution in [2.24, 2.45) is 0 Å². The van der Waals surface area contributed by atoms with Gasteiger partial charge in [-0.2, -0.15) is 0 Å². The molecule has 0 saturated carbocycles. The summed E-state index contributed by atoms with van der Waals surface area (Å²) in [5.74, 6) is 0. The summed E-state index contributed by atoms with van der Waals surface area (Å²) in [6, 6.07) is 11.0. The largest absolute Gasteiger partial charge is 0.395 e. The molecule has 1 aromatic rings. The van der Waals surface area contributed by atoms with Crippen LogP contribution in [0.1, 0.15) is 11.7 Å². The second-order valence-corrected chi connectivity index (χ2v) is 3.45. The van der Waals surface area contributed by atoms with Crippen LogP contribution in [0.15, 0.2) is 24.3 Å². The summed E-state index contributed by atoms with van der Waals surface area (Å²) >= 11 is 0. The minimum Gasteiger partial charge on any atom is -0.395 e. The smallest absolute Gasteiger partial charge is 0.0862 e. The molecule has 14 heavy (non-hydrogen) atoms. The van der Waals surface area contributed by atoms with Crippen LogP contribution >= 0.6 is 0 Å². The maximum Gasteiger partial charge on any atom is 0.0862 e. The zero-order chi connectivity index (χ0) is 9.80. The van der Waals surface area contributed by atoms with Gasteiger partial charge in [0.15, 0.2) is 0 Å². The summed E-state index contributed by atoms with van der Waals surface area (Å²) in [7, 11) is 0. The van der Waals surface area contributed by atoms with Crippen molar-refractivity contribution in [1.82, 2.24) is 10.2 Å². The Labute approximate surface area is 84.4 Å². The first-order valence-electron chi connectivity index (χ1n) is 4.96. The van der Waals surface area contributed by atoms with Crippen molar-refractivity contribution < 1.29 is 5.11 Å². The third-order valence-corrected chi connectivity index (χ3v) is 2.55. The van der Waals surface area contributed by atoms with Crippen LogP contribution in [-0.2, 0) is 0 Å². The number of nitrogens with one attached hydrogen (secondary N) is 1. The van der Waals surface area contributed by atoms with Gasteiger partial charge in [0.2, 0.25) is 0 Å². The summed E-state index contributed by atoms with van der Waals surface area (Å²) in [6.07, 6.45) is 0.261. The molecule has 1 heterocycles. The zero-order valence-electron chi connectivity index (χ0n) is 8.11. The van der Waals surface area contributed by atoms with Crippen LogP contribution in [0.2, 0.25) is 0 Å². The quantitative estimate of drug-likeness (QED) is 0.725. The summed E-state index contributed by atoms with van der Waals surface area (Å²) < 4.78 is 0. The molecule has 0 bridgehead atoms. The highest BCUT2D eigenvalue weighted by Gasteiger charge is 2.23. The van der Waals surface area contributed by atoms with Gasteiger partial charge in [-0.05, 0) is 11.6 Å². The van der Waals surface area contributed by atoms with E-state index >= 15 is 0 Å². The summed E-state index contributed by atoms with van der Waals surface area (Å²) in [6.45, 7) is 2.94. The maximum atomic E-state index is 8.92. The molecule has 1 unspecified atom stereocenters. The monoisotopic (exact) mass is 191 g/mol. The van der Waals surface area contributed by atoms with Gasteiger partial charge in [0.25, 0.3) is 0 Å². The first-order chi connectivity index (χ1) is 6.92. The van der Waals surface area contributed by atoms with Crippen LogP contribution in [0.4, 0.5) is 0 Å². The lowest BCUT2D eigenvalue weighted by molar-refractivity contribution is 0.179. The molecule has 3 nitrogen and oxygen atoms in total. The molecule has 75 valence electrons. The van der Waals surface area contributed by atoms with E-state index < -0.39 is 0 Å². The first kappa shape index (κ1) is 9.65. The van der Waals surface area contributed by atoms with Gasteiger partial charge < -0.3 is 5.11 Å². The van der Waals surface area contributed by atoms with E-state index in [4.69, 9.17) is 5.11 Å². The Balaban J connectivity index is 2.10. The zero-order valence-corrected chi connectivity index (χ0v) is 8.11. The van der Waals surface area contributed by atoms with Crippen LogP contribution in [0, 0.1) is 6.07 Å². The molecule has 1 aromatic carbocycles. The Bertz CT molecular complexity index is 276. The number of aliphatic hydroxyl groups excluding tert-OH is 1. The number of β-amino-alcohol motifs (C(OH)–C–C–N with tert-alkyl or cyclic N) is 1. The fourth-order valence-electron chi connectivity index (χ4n) is 1.88. The number of benzene rings is 1. The fourth-order valence-corrected chi connectivity index (χ4v) is 1.88. The number of nitrogens with zero attached hydrogens (tertiary/aromatic N) is 1. The van der Waals surface area contributed by atoms with E-state index in [-0.39, 0.29) is 12.8 Å². The van der Waals surface area contributed by atoms with E-state index in [1.165, 1.54) is 5.56 Å². The average Bonchev–Trinajstić information content (AvgIpc) is 2.68. The van der Waals surface area contributed by atoms with Gasteiger partial charge in [0.1, 0.15) is 0 Å². The van der Waals surface area contributed by atoms with Gasteiger partial charge in [-0.1, -0.05) is 24.3 Å². The molecule has 2 N–H and O–H groups in total. The van der Waals surface area contributed by atoms with Crippen LogP contribution in [0.5, 0.6) is 0 Å². The molecule has 0 spiro atoms. The van der Waals surface area contributed by atoms with Crippen LogP contribution in [0.3, 0.4) is 0 Å². The number of hydrogen-bond donors (Lipinski definition) is 2. The Morgan fingerprint density at radius 2 is 2.29 bits per heavy atom. The molecular formula is C11H15N2O. The number of aliphatic hydroxyl groups is 1. The Morgan fingerprint density at radius 1 is 1.50 bits per heavy atom. The minimum absolute atomic E-state index is 0.219. The number of hydrogen-bond acceptors (Lipinski definition) is 3. The number of rotatable bonds is 3. The van der Waals surface area contributed by atoms with E-state index in [2.05, 4.69) is 28.4 Å². The van der Waals surface area contributed by atoms with Gasteiger partial charge in [-0.3, -0.25) is 10.2 Å². The normalized spacial score (nSPS) is 22.8. The van der Waals surface area contributed by atoms with Crippen LogP contribution in [0.25, 0.3) is 0 Å². The molecule has 1 aliphatic heterocycles. The topological polar surface area (TPSA) is 35.5 Å². The molecule has 0 amide bonds. The standard InChI is InChI=1S/C11H15N2O/c14-9-8-13-7-6-12-11(13)10-4-2-1-3-5-10/h2-5,11-12,14H,6-9H2. The molecule has 3 heteroatoms. The van der Waals surface area contributed by atoms with Gasteiger partial charge >= 0.3 is 0 Å². The van der Waals surface area contributed by atoms with E-state index in [0.29, 0.717) is 0 Å². The predicted octanol–water partition coefficient (Wildman–Crippen LogP) is 0.383. The molecular weight excluding hydrogens is 176 g/mol. The lowest BCUT2D eigenvalue weighted by Gasteiger charge is -2.23. The van der Waals surface area contributed by atoms with E-state index in [9.17, 15) is 0 Å². The first-order valence-corrected chi connectivity index (χ1v) is 4.96. The van der Waals surface area contributed by atoms with Crippen molar-refractivity contribution >= 4 is 0 Å². The highest BCUT2D eigenvalue weighted by atomic mass is 16.3. The summed E-state index contributed by atoms with van der Waals surface area (Å²) in [5, 5.41) is 12.3. The molecule has 1 saturated heterocycles. The van der Waals surface area contributed by atoms with Crippen molar-refractivity contribution in [3.63, 3.8) is 0 Å². The summed E-state index contributed by atoms with van der Waals surface area (Å²) in [5.41, 5.74) is 1.25. The second-order valence-electron chi connectivity index (χ2n) is 3.45. The molecule has 0 aliphatic carbocycles. The van der Waals surface area contributed by atoms with Crippen molar-refractivity contribution in [2.75, 3.05) is 26.2 Å². The Kier molecular flexibility index (Phi) is 3.14. The van der Waals surface area contributed by atoms with Gasteiger partial charge in [0, 0.05) is 19.6 Å². The van der Waals surface area contributed by atoms with Crippen LogP contribution in [-0.4, -0.2) is 36.2 Å². The molecule has 1 aliphatic rings. The fraction of sp³-hybridized carbons (Fsp3) is 0.455. The highest BCUT2D eigenvalue weighted by molar-refractivity contribution is 5.18. The summed E-state index contributed by atoms with van der Waals surface area (Å²) in [4.78, 5) is 2.25. The predicted molar refractivity (Wildman–Crippen MR) is 54.7 cm³/mol. The van der Waals surface area contributed by atoms with Crippen LogP contribution < -0.4 is 5.32 Å². The third kappa shape index (κ3) is 1.95. The lowest BCUT2D eigenvalue weighted by atomic mass is 10.1. The van der Waals surface area contributed by atoms with Gasteiger partial charge in [-0.25, -0.2) is 0 Å². The van der Waals surface area contributed by atoms with Crippen molar-refractivity contribution in [2.45, 2.75) is 6.17 Å². The van der Waals surface area contributed by atoms with Crippen molar-refractivity contribution in [1.29, 1.82) is 0 Å². The molecule has 1 atom stereocenters. The Morgan fingerprint density at radius 3 is 3.00 bits per heavy atom. The van der Waals surface area contributed by atoms with Gasteiger partial charge in [0.05, 0.1) is 12.8 Å². The molecule has 2 rings (SSSR count). The van der Waals surface area contributed by atoms with E-state index in [1.807, 2.05) is 12.1 Å². The minimum atomic E-state index is 0.219. The van der Waals surface area contributed by atoms with E-state index in [0.717, 1.165) is 19.6 Å². The third-order valence-electron chi connectivity index (χ3n) is 2.55. The van der Waals surface area contributed by atoms with Crippen molar-refractivity contribution in [3.05, 3.63) is 35.9 Å².